The molecule has 0 N–H and O–H groups in total. The van der Waals surface area contributed by atoms with Gasteiger partial charge >= 0.3 is 0 Å². The summed E-state index contributed by atoms with van der Waals surface area (Å²) in [7, 11) is 1.68. The van der Waals surface area contributed by atoms with E-state index in [4.69, 9.17) is 11.6 Å². The van der Waals surface area contributed by atoms with Crippen molar-refractivity contribution in [1.82, 2.24) is 4.90 Å². The van der Waals surface area contributed by atoms with Gasteiger partial charge in [-0.1, -0.05) is 12.5 Å². The number of hydrogen-bond acceptors (Lipinski definition) is 1. The summed E-state index contributed by atoms with van der Waals surface area (Å²) in [6.45, 7) is 0.608. The van der Waals surface area contributed by atoms with E-state index < -0.39 is 5.82 Å². The van der Waals surface area contributed by atoms with E-state index in [1.54, 1.807) is 19.2 Å². The summed E-state index contributed by atoms with van der Waals surface area (Å²) in [6, 6.07) is 4.52. The molecule has 1 aromatic carbocycles. The molecule has 0 aliphatic rings. The lowest BCUT2D eigenvalue weighted by Crippen LogP contribution is -2.28. The summed E-state index contributed by atoms with van der Waals surface area (Å²) >= 11 is 8.78. The molecule has 18 heavy (non-hydrogen) atoms. The molecule has 0 atom stereocenters. The molecule has 0 spiro atoms. The Morgan fingerprint density at radius 1 is 1.39 bits per heavy atom. The fourth-order valence-corrected chi connectivity index (χ4v) is 2.32. The number of unbranched alkanes of at least 4 members (excludes halogenated alkanes) is 2. The van der Waals surface area contributed by atoms with E-state index >= 15 is 0 Å². The summed E-state index contributed by atoms with van der Waals surface area (Å²) in [4.78, 5) is 13.6. The van der Waals surface area contributed by atoms with Gasteiger partial charge < -0.3 is 4.90 Å². The second-order valence-electron chi connectivity index (χ2n) is 4.07. The van der Waals surface area contributed by atoms with Crippen LogP contribution in [0.1, 0.15) is 29.6 Å². The standard InChI is InChI=1S/C13H16BrClFNO/c1-17(9-4-2-3-8-15)13(18)12-10(14)6-5-7-11(12)16/h5-7H,2-4,8-9H2,1H3. The van der Waals surface area contributed by atoms with Crippen molar-refractivity contribution in [3.05, 3.63) is 34.1 Å². The zero-order chi connectivity index (χ0) is 13.5. The molecule has 0 fully saturated rings. The molecular weight excluding hydrogens is 321 g/mol. The molecule has 1 amide bonds. The van der Waals surface area contributed by atoms with Crippen molar-refractivity contribution < 1.29 is 9.18 Å². The van der Waals surface area contributed by atoms with E-state index in [2.05, 4.69) is 15.9 Å². The molecule has 0 radical (unpaired) electrons. The summed E-state index contributed by atoms with van der Waals surface area (Å²) in [6.07, 6.45) is 2.79. The fraction of sp³-hybridized carbons (Fsp3) is 0.462. The lowest BCUT2D eigenvalue weighted by Gasteiger charge is -2.18. The average molecular weight is 337 g/mol. The van der Waals surface area contributed by atoms with Crippen LogP contribution in [0.4, 0.5) is 4.39 Å². The van der Waals surface area contributed by atoms with Crippen LogP contribution >= 0.6 is 27.5 Å². The molecular formula is C13H16BrClFNO. The van der Waals surface area contributed by atoms with E-state index in [0.29, 0.717) is 16.9 Å². The molecule has 0 bridgehead atoms. The number of halogens is 3. The molecule has 0 aromatic heterocycles. The van der Waals surface area contributed by atoms with E-state index in [9.17, 15) is 9.18 Å². The van der Waals surface area contributed by atoms with Crippen LogP contribution in [0.15, 0.2) is 22.7 Å². The molecule has 1 aromatic rings. The predicted molar refractivity (Wildman–Crippen MR) is 75.6 cm³/mol. The van der Waals surface area contributed by atoms with Crippen molar-refractivity contribution in [1.29, 1.82) is 0 Å². The molecule has 0 saturated carbocycles. The van der Waals surface area contributed by atoms with E-state index in [1.807, 2.05) is 0 Å². The number of hydrogen-bond donors (Lipinski definition) is 0. The Balaban J connectivity index is 2.63. The minimum atomic E-state index is -0.498. The highest BCUT2D eigenvalue weighted by molar-refractivity contribution is 9.10. The molecule has 0 saturated heterocycles. The van der Waals surface area contributed by atoms with Crippen LogP contribution in [0.3, 0.4) is 0 Å². The van der Waals surface area contributed by atoms with Crippen molar-refractivity contribution in [2.45, 2.75) is 19.3 Å². The lowest BCUT2D eigenvalue weighted by atomic mass is 10.1. The molecule has 0 unspecified atom stereocenters. The van der Waals surface area contributed by atoms with Gasteiger partial charge in [0.05, 0.1) is 5.56 Å². The first-order chi connectivity index (χ1) is 8.57. The Morgan fingerprint density at radius 3 is 2.72 bits per heavy atom. The quantitative estimate of drug-likeness (QED) is 0.566. The van der Waals surface area contributed by atoms with Gasteiger partial charge in [-0.3, -0.25) is 4.79 Å². The van der Waals surface area contributed by atoms with Crippen LogP contribution in [0, 0.1) is 5.82 Å². The van der Waals surface area contributed by atoms with E-state index in [-0.39, 0.29) is 11.5 Å². The van der Waals surface area contributed by atoms with Gasteiger partial charge in [0.1, 0.15) is 5.82 Å². The minimum absolute atomic E-state index is 0.0948. The number of carbonyl (C=O) groups excluding carboxylic acids is 1. The molecule has 5 heteroatoms. The number of alkyl halides is 1. The first-order valence-electron chi connectivity index (χ1n) is 5.83. The first-order valence-corrected chi connectivity index (χ1v) is 7.16. The number of carbonyl (C=O) groups is 1. The topological polar surface area (TPSA) is 20.3 Å². The molecule has 0 heterocycles. The molecule has 0 aliphatic carbocycles. The van der Waals surface area contributed by atoms with Crippen molar-refractivity contribution in [3.8, 4) is 0 Å². The normalized spacial score (nSPS) is 10.4. The number of amides is 1. The largest absolute Gasteiger partial charge is 0.342 e. The van der Waals surface area contributed by atoms with Crippen LogP contribution in [0.5, 0.6) is 0 Å². The molecule has 0 aliphatic heterocycles. The molecule has 2 nitrogen and oxygen atoms in total. The Labute approximate surface area is 120 Å². The number of rotatable bonds is 6. The van der Waals surface area contributed by atoms with Gasteiger partial charge in [0.2, 0.25) is 0 Å². The maximum absolute atomic E-state index is 13.6. The Hall–Kier alpha value is -0.610. The van der Waals surface area contributed by atoms with Gasteiger partial charge in [0, 0.05) is 23.9 Å². The molecule has 100 valence electrons. The van der Waals surface area contributed by atoms with Crippen LogP contribution in [-0.4, -0.2) is 30.3 Å². The third-order valence-corrected chi connectivity index (χ3v) is 3.58. The van der Waals surface area contributed by atoms with Gasteiger partial charge in [0.25, 0.3) is 5.91 Å². The zero-order valence-corrected chi connectivity index (χ0v) is 12.6. The van der Waals surface area contributed by atoms with Crippen molar-refractivity contribution in [2.24, 2.45) is 0 Å². The van der Waals surface area contributed by atoms with Gasteiger partial charge in [-0.15, -0.1) is 11.6 Å². The Bertz CT molecular complexity index is 394. The van der Waals surface area contributed by atoms with E-state index in [0.717, 1.165) is 19.3 Å². The van der Waals surface area contributed by atoms with Gasteiger partial charge in [-0.2, -0.15) is 0 Å². The van der Waals surface area contributed by atoms with Crippen LogP contribution in [0.2, 0.25) is 0 Å². The van der Waals surface area contributed by atoms with Crippen molar-refractivity contribution in [3.63, 3.8) is 0 Å². The second-order valence-corrected chi connectivity index (χ2v) is 5.31. The van der Waals surface area contributed by atoms with Crippen LogP contribution < -0.4 is 0 Å². The highest BCUT2D eigenvalue weighted by atomic mass is 79.9. The first kappa shape index (κ1) is 15.4. The number of benzene rings is 1. The van der Waals surface area contributed by atoms with Gasteiger partial charge in [-0.05, 0) is 40.9 Å². The summed E-state index contributed by atoms with van der Waals surface area (Å²) in [5.74, 6) is -0.163. The monoisotopic (exact) mass is 335 g/mol. The zero-order valence-electron chi connectivity index (χ0n) is 10.3. The molecule has 1 rings (SSSR count). The maximum Gasteiger partial charge on any atom is 0.257 e. The predicted octanol–water partition coefficient (Wildman–Crippen LogP) is 4.07. The highest BCUT2D eigenvalue weighted by Crippen LogP contribution is 2.21. The van der Waals surface area contributed by atoms with Crippen LogP contribution in [0.25, 0.3) is 0 Å². The highest BCUT2D eigenvalue weighted by Gasteiger charge is 2.18. The maximum atomic E-state index is 13.6. The minimum Gasteiger partial charge on any atom is -0.342 e. The smallest absolute Gasteiger partial charge is 0.257 e. The van der Waals surface area contributed by atoms with Gasteiger partial charge in [0.15, 0.2) is 0 Å². The third-order valence-electron chi connectivity index (χ3n) is 2.65. The Morgan fingerprint density at radius 2 is 2.11 bits per heavy atom. The summed E-state index contributed by atoms with van der Waals surface area (Å²) in [5, 5.41) is 0. The van der Waals surface area contributed by atoms with Crippen molar-refractivity contribution in [2.75, 3.05) is 19.5 Å². The van der Waals surface area contributed by atoms with Crippen LogP contribution in [-0.2, 0) is 0 Å². The second kappa shape index (κ2) is 7.74. The lowest BCUT2D eigenvalue weighted by molar-refractivity contribution is 0.0787. The third kappa shape index (κ3) is 4.25. The Kier molecular flexibility index (Phi) is 6.65. The SMILES string of the molecule is CN(CCCCCCl)C(=O)c1c(F)cccc1Br. The summed E-state index contributed by atoms with van der Waals surface area (Å²) < 4.78 is 14.1. The number of nitrogens with zero attached hydrogens (tertiary/aromatic N) is 1. The van der Waals surface area contributed by atoms with Crippen molar-refractivity contribution >= 4 is 33.4 Å². The fourth-order valence-electron chi connectivity index (χ4n) is 1.61. The summed E-state index contributed by atoms with van der Waals surface area (Å²) in [5.41, 5.74) is 0.0948. The van der Waals surface area contributed by atoms with E-state index in [1.165, 1.54) is 11.0 Å². The average Bonchev–Trinajstić information content (AvgIpc) is 2.34. The van der Waals surface area contributed by atoms with Gasteiger partial charge in [-0.25, -0.2) is 4.39 Å².